The number of benzene rings is 2. The number of aromatic nitrogens is 3. The van der Waals surface area contributed by atoms with Crippen LogP contribution in [-0.2, 0) is 9.84 Å². The van der Waals surface area contributed by atoms with Gasteiger partial charge < -0.3 is 15.2 Å². The number of ether oxygens (including phenoxy) is 2. The monoisotopic (exact) mass is 386 g/mol. The lowest BCUT2D eigenvalue weighted by molar-refractivity contribution is 0.171. The SMILES string of the molecule is Cc1ccc(S(=O)(=O)c2nnn(-c3ccc4c(c3)OCCO4)c2N)cc1C. The van der Waals surface area contributed by atoms with E-state index >= 15 is 0 Å². The Morgan fingerprint density at radius 2 is 1.74 bits per heavy atom. The van der Waals surface area contributed by atoms with Crippen LogP contribution in [-0.4, -0.2) is 36.6 Å². The van der Waals surface area contributed by atoms with Crippen LogP contribution < -0.4 is 15.2 Å². The number of nitrogen functional groups attached to an aromatic ring is 1. The van der Waals surface area contributed by atoms with Crippen LogP contribution in [0.3, 0.4) is 0 Å². The molecule has 27 heavy (non-hydrogen) atoms. The molecule has 2 N–H and O–H groups in total. The Morgan fingerprint density at radius 3 is 2.48 bits per heavy atom. The summed E-state index contributed by atoms with van der Waals surface area (Å²) in [6.07, 6.45) is 0. The van der Waals surface area contributed by atoms with Gasteiger partial charge >= 0.3 is 0 Å². The highest BCUT2D eigenvalue weighted by atomic mass is 32.2. The van der Waals surface area contributed by atoms with Crippen molar-refractivity contribution in [2.75, 3.05) is 18.9 Å². The second-order valence-electron chi connectivity index (χ2n) is 6.27. The average Bonchev–Trinajstić information content (AvgIpc) is 3.05. The van der Waals surface area contributed by atoms with Gasteiger partial charge in [-0.15, -0.1) is 5.10 Å². The maximum Gasteiger partial charge on any atom is 0.229 e. The van der Waals surface area contributed by atoms with E-state index in [1.165, 1.54) is 4.68 Å². The first-order valence-corrected chi connectivity index (χ1v) is 9.80. The van der Waals surface area contributed by atoms with E-state index in [4.69, 9.17) is 15.2 Å². The van der Waals surface area contributed by atoms with Crippen molar-refractivity contribution >= 4 is 15.7 Å². The number of hydrogen-bond donors (Lipinski definition) is 1. The molecule has 2 aromatic carbocycles. The normalized spacial score (nSPS) is 13.6. The smallest absolute Gasteiger partial charge is 0.229 e. The predicted octanol–water partition coefficient (Wildman–Crippen LogP) is 2.07. The molecule has 1 aliphatic rings. The number of anilines is 1. The third kappa shape index (κ3) is 2.89. The molecule has 0 fully saturated rings. The molecule has 9 heteroatoms. The Bertz CT molecular complexity index is 1140. The Morgan fingerprint density at radius 1 is 1.00 bits per heavy atom. The zero-order chi connectivity index (χ0) is 19.2. The van der Waals surface area contributed by atoms with Crippen molar-refractivity contribution in [2.24, 2.45) is 0 Å². The molecule has 2 heterocycles. The Kier molecular flexibility index (Phi) is 4.03. The van der Waals surface area contributed by atoms with E-state index in [0.29, 0.717) is 30.4 Å². The van der Waals surface area contributed by atoms with Crippen LogP contribution in [0.5, 0.6) is 11.5 Å². The fourth-order valence-electron chi connectivity index (χ4n) is 2.81. The third-order valence-electron chi connectivity index (χ3n) is 4.49. The zero-order valence-electron chi connectivity index (χ0n) is 14.8. The second-order valence-corrected chi connectivity index (χ2v) is 8.13. The van der Waals surface area contributed by atoms with Crippen LogP contribution in [0.15, 0.2) is 46.3 Å². The lowest BCUT2D eigenvalue weighted by atomic mass is 10.1. The van der Waals surface area contributed by atoms with Crippen LogP contribution in [0, 0.1) is 13.8 Å². The number of aryl methyl sites for hydroxylation is 2. The summed E-state index contributed by atoms with van der Waals surface area (Å²) < 4.78 is 38.2. The van der Waals surface area contributed by atoms with Crippen molar-refractivity contribution < 1.29 is 17.9 Å². The van der Waals surface area contributed by atoms with E-state index in [2.05, 4.69) is 10.3 Å². The first-order chi connectivity index (χ1) is 12.9. The lowest BCUT2D eigenvalue weighted by Gasteiger charge is -2.18. The van der Waals surface area contributed by atoms with Gasteiger partial charge in [0.2, 0.25) is 14.9 Å². The van der Waals surface area contributed by atoms with Gasteiger partial charge in [0.15, 0.2) is 17.3 Å². The van der Waals surface area contributed by atoms with Gasteiger partial charge in [-0.2, -0.15) is 4.68 Å². The van der Waals surface area contributed by atoms with Crippen LogP contribution in [0.1, 0.15) is 11.1 Å². The molecule has 0 saturated carbocycles. The molecule has 0 aliphatic carbocycles. The summed E-state index contributed by atoms with van der Waals surface area (Å²) in [5.74, 6) is 1.10. The molecule has 1 aromatic heterocycles. The summed E-state index contributed by atoms with van der Waals surface area (Å²) >= 11 is 0. The van der Waals surface area contributed by atoms with E-state index in [9.17, 15) is 8.42 Å². The first kappa shape index (κ1) is 17.3. The molecule has 0 amide bonds. The molecule has 0 bridgehead atoms. The predicted molar refractivity (Wildman–Crippen MR) is 98.1 cm³/mol. The summed E-state index contributed by atoms with van der Waals surface area (Å²) in [6, 6.07) is 10.0. The van der Waals surface area contributed by atoms with Crippen LogP contribution in [0.25, 0.3) is 5.69 Å². The molecule has 140 valence electrons. The maximum absolute atomic E-state index is 13.0. The van der Waals surface area contributed by atoms with Crippen molar-refractivity contribution in [3.63, 3.8) is 0 Å². The van der Waals surface area contributed by atoms with Crippen molar-refractivity contribution in [3.05, 3.63) is 47.5 Å². The third-order valence-corrected chi connectivity index (χ3v) is 6.16. The standard InChI is InChI=1S/C18H18N4O4S/c1-11-3-5-14(9-12(11)2)27(23,24)18-17(19)22(21-20-18)13-4-6-15-16(10-13)26-8-7-25-15/h3-6,9-10H,7-8,19H2,1-2H3. The summed E-state index contributed by atoms with van der Waals surface area (Å²) in [6.45, 7) is 4.69. The van der Waals surface area contributed by atoms with Gasteiger partial charge in [-0.3, -0.25) is 0 Å². The number of hydrogen-bond acceptors (Lipinski definition) is 7. The summed E-state index contributed by atoms with van der Waals surface area (Å²) in [4.78, 5) is 0.131. The number of nitrogens with zero attached hydrogens (tertiary/aromatic N) is 3. The van der Waals surface area contributed by atoms with Crippen molar-refractivity contribution in [2.45, 2.75) is 23.8 Å². The molecule has 3 aromatic rings. The van der Waals surface area contributed by atoms with E-state index < -0.39 is 9.84 Å². The molecule has 0 spiro atoms. The Hall–Kier alpha value is -3.07. The van der Waals surface area contributed by atoms with Gasteiger partial charge in [-0.05, 0) is 49.2 Å². The molecule has 8 nitrogen and oxygen atoms in total. The largest absolute Gasteiger partial charge is 0.486 e. The lowest BCUT2D eigenvalue weighted by Crippen LogP contribution is -2.15. The van der Waals surface area contributed by atoms with E-state index in [-0.39, 0.29) is 15.7 Å². The fraction of sp³-hybridized carbons (Fsp3) is 0.222. The summed E-state index contributed by atoms with van der Waals surface area (Å²) in [5.41, 5.74) is 8.49. The van der Waals surface area contributed by atoms with Crippen molar-refractivity contribution in [1.82, 2.24) is 15.0 Å². The van der Waals surface area contributed by atoms with Gasteiger partial charge in [-0.1, -0.05) is 11.3 Å². The van der Waals surface area contributed by atoms with Gasteiger partial charge in [0.1, 0.15) is 13.2 Å². The average molecular weight is 386 g/mol. The fourth-order valence-corrected chi connectivity index (χ4v) is 4.12. The highest BCUT2D eigenvalue weighted by Gasteiger charge is 2.27. The molecule has 0 saturated heterocycles. The van der Waals surface area contributed by atoms with Crippen LogP contribution >= 0.6 is 0 Å². The maximum atomic E-state index is 13.0. The highest BCUT2D eigenvalue weighted by Crippen LogP contribution is 2.33. The number of nitrogens with two attached hydrogens (primary N) is 1. The van der Waals surface area contributed by atoms with Gasteiger partial charge in [0.05, 0.1) is 10.6 Å². The molecule has 4 rings (SSSR count). The first-order valence-electron chi connectivity index (χ1n) is 8.31. The topological polar surface area (TPSA) is 109 Å². The van der Waals surface area contributed by atoms with Gasteiger partial charge in [0, 0.05) is 6.07 Å². The molecular formula is C18H18N4O4S. The Labute approximate surface area is 156 Å². The van der Waals surface area contributed by atoms with E-state index in [1.54, 1.807) is 36.4 Å². The molecule has 0 radical (unpaired) electrons. The zero-order valence-corrected chi connectivity index (χ0v) is 15.7. The van der Waals surface area contributed by atoms with Gasteiger partial charge in [-0.25, -0.2) is 8.42 Å². The summed E-state index contributed by atoms with van der Waals surface area (Å²) in [7, 11) is -3.89. The molecular weight excluding hydrogens is 368 g/mol. The Balaban J connectivity index is 1.77. The second kappa shape index (κ2) is 6.27. The van der Waals surface area contributed by atoms with Crippen LogP contribution in [0.2, 0.25) is 0 Å². The number of rotatable bonds is 3. The minimum absolute atomic E-state index is 0.0649. The van der Waals surface area contributed by atoms with Gasteiger partial charge in [0.25, 0.3) is 0 Å². The number of fused-ring (bicyclic) bond motifs is 1. The molecule has 0 unspecified atom stereocenters. The highest BCUT2D eigenvalue weighted by molar-refractivity contribution is 7.91. The van der Waals surface area contributed by atoms with Crippen LogP contribution in [0.4, 0.5) is 5.82 Å². The molecule has 1 aliphatic heterocycles. The minimum Gasteiger partial charge on any atom is -0.486 e. The van der Waals surface area contributed by atoms with Crippen molar-refractivity contribution in [3.8, 4) is 17.2 Å². The minimum atomic E-state index is -3.89. The number of sulfone groups is 1. The molecule has 0 atom stereocenters. The van der Waals surface area contributed by atoms with E-state index in [1.807, 2.05) is 13.8 Å². The van der Waals surface area contributed by atoms with Crippen molar-refractivity contribution in [1.29, 1.82) is 0 Å². The quantitative estimate of drug-likeness (QED) is 0.734. The summed E-state index contributed by atoms with van der Waals surface area (Å²) in [5, 5.41) is 7.49. The van der Waals surface area contributed by atoms with E-state index in [0.717, 1.165) is 11.1 Å².